The fraction of sp³-hybridized carbons (Fsp3) is 0.500. The maximum absolute atomic E-state index is 13.0. The Balaban J connectivity index is 1.31. The van der Waals surface area contributed by atoms with Gasteiger partial charge in [0.15, 0.2) is 6.61 Å². The topological polar surface area (TPSA) is 92.8 Å². The highest BCUT2D eigenvalue weighted by atomic mass is 19.4. The van der Waals surface area contributed by atoms with Crippen molar-refractivity contribution >= 4 is 29.4 Å². The van der Waals surface area contributed by atoms with Gasteiger partial charge < -0.3 is 10.1 Å². The molecule has 2 bridgehead atoms. The normalized spacial score (nSPS) is 27.4. The summed E-state index contributed by atoms with van der Waals surface area (Å²) in [5, 5.41) is 2.05. The van der Waals surface area contributed by atoms with E-state index in [4.69, 9.17) is 4.74 Å². The number of para-hydroxylation sites is 1. The third-order valence-corrected chi connectivity index (χ3v) is 6.18. The molecule has 30 heavy (non-hydrogen) atoms. The molecule has 2 saturated carbocycles. The Hall–Kier alpha value is -2.91. The molecule has 1 aromatic rings. The average molecular weight is 424 g/mol. The molecule has 1 aromatic carbocycles. The second kappa shape index (κ2) is 7.41. The molecule has 3 amide bonds. The molecular formula is C20H19F3N2O5. The maximum Gasteiger partial charge on any atom is 0.418 e. The number of hydrogen-bond acceptors (Lipinski definition) is 5. The van der Waals surface area contributed by atoms with Gasteiger partial charge in [0.2, 0.25) is 11.8 Å². The molecule has 3 aliphatic rings. The monoisotopic (exact) mass is 424 g/mol. The van der Waals surface area contributed by atoms with Crippen LogP contribution in [0.15, 0.2) is 24.3 Å². The first-order valence-electron chi connectivity index (χ1n) is 9.63. The van der Waals surface area contributed by atoms with E-state index in [0.717, 1.165) is 36.3 Å². The van der Waals surface area contributed by atoms with Crippen molar-refractivity contribution in [3.8, 4) is 0 Å². The zero-order valence-corrected chi connectivity index (χ0v) is 15.8. The number of nitrogens with zero attached hydrogens (tertiary/aromatic N) is 1. The van der Waals surface area contributed by atoms with Crippen molar-refractivity contribution in [1.82, 2.24) is 4.90 Å². The number of hydrogen-bond donors (Lipinski definition) is 1. The smallest absolute Gasteiger partial charge is 0.418 e. The summed E-state index contributed by atoms with van der Waals surface area (Å²) >= 11 is 0. The summed E-state index contributed by atoms with van der Waals surface area (Å²) < 4.78 is 43.7. The molecule has 0 aromatic heterocycles. The molecule has 4 atom stereocenters. The minimum atomic E-state index is -4.66. The van der Waals surface area contributed by atoms with Gasteiger partial charge >= 0.3 is 12.1 Å². The van der Waals surface area contributed by atoms with Crippen LogP contribution in [0.3, 0.4) is 0 Å². The number of nitrogens with one attached hydrogen (secondary N) is 1. The van der Waals surface area contributed by atoms with Crippen LogP contribution in [0.5, 0.6) is 0 Å². The summed E-state index contributed by atoms with van der Waals surface area (Å²) in [6.07, 6.45) is -1.98. The molecule has 1 saturated heterocycles. The molecule has 10 heteroatoms. The number of benzene rings is 1. The molecule has 1 heterocycles. The van der Waals surface area contributed by atoms with Gasteiger partial charge in [0.05, 0.1) is 23.1 Å². The highest BCUT2D eigenvalue weighted by molar-refractivity contribution is 6.08. The number of rotatable bonds is 5. The number of ether oxygens (including phenoxy) is 1. The van der Waals surface area contributed by atoms with Crippen LogP contribution in [0.1, 0.15) is 24.8 Å². The van der Waals surface area contributed by atoms with Gasteiger partial charge in [-0.25, -0.2) is 0 Å². The van der Waals surface area contributed by atoms with E-state index in [-0.39, 0.29) is 35.5 Å². The maximum atomic E-state index is 13.0. The van der Waals surface area contributed by atoms with Crippen LogP contribution in [0.2, 0.25) is 0 Å². The van der Waals surface area contributed by atoms with Gasteiger partial charge in [0, 0.05) is 0 Å². The first-order valence-corrected chi connectivity index (χ1v) is 9.63. The van der Waals surface area contributed by atoms with Crippen LogP contribution in [0.25, 0.3) is 0 Å². The molecule has 4 rings (SSSR count). The van der Waals surface area contributed by atoms with Gasteiger partial charge in [-0.15, -0.1) is 0 Å². The number of likely N-dealkylation sites (tertiary alicyclic amines) is 1. The number of fused-ring (bicyclic) bond motifs is 5. The van der Waals surface area contributed by atoms with Crippen molar-refractivity contribution in [3.05, 3.63) is 29.8 Å². The molecule has 2 aliphatic carbocycles. The fourth-order valence-corrected chi connectivity index (χ4v) is 4.97. The second-order valence-corrected chi connectivity index (χ2v) is 7.90. The Kier molecular flexibility index (Phi) is 5.03. The van der Waals surface area contributed by atoms with Gasteiger partial charge in [-0.3, -0.25) is 24.1 Å². The highest BCUT2D eigenvalue weighted by Gasteiger charge is 2.61. The average Bonchev–Trinajstić information content (AvgIpc) is 3.36. The molecule has 3 fully saturated rings. The predicted molar refractivity (Wildman–Crippen MR) is 95.6 cm³/mol. The summed E-state index contributed by atoms with van der Waals surface area (Å²) in [6.45, 7) is -1.43. The van der Waals surface area contributed by atoms with Crippen molar-refractivity contribution in [2.45, 2.75) is 25.4 Å². The fourth-order valence-electron chi connectivity index (χ4n) is 4.97. The Morgan fingerprint density at radius 3 is 2.27 bits per heavy atom. The van der Waals surface area contributed by atoms with Crippen molar-refractivity contribution in [1.29, 1.82) is 0 Å². The van der Waals surface area contributed by atoms with E-state index < -0.39 is 42.5 Å². The lowest BCUT2D eigenvalue weighted by atomic mass is 9.81. The summed E-state index contributed by atoms with van der Waals surface area (Å²) in [7, 11) is 0. The number of alkyl halides is 3. The zero-order valence-electron chi connectivity index (χ0n) is 15.8. The van der Waals surface area contributed by atoms with E-state index in [9.17, 15) is 32.3 Å². The molecule has 1 N–H and O–H groups in total. The number of esters is 1. The summed E-state index contributed by atoms with van der Waals surface area (Å²) in [6, 6.07) is 4.41. The first-order chi connectivity index (χ1) is 14.2. The van der Waals surface area contributed by atoms with Crippen molar-refractivity contribution in [3.63, 3.8) is 0 Å². The summed E-state index contributed by atoms with van der Waals surface area (Å²) in [4.78, 5) is 49.9. The van der Waals surface area contributed by atoms with Crippen molar-refractivity contribution in [2.24, 2.45) is 23.7 Å². The van der Waals surface area contributed by atoms with Crippen LogP contribution >= 0.6 is 0 Å². The number of carbonyl (C=O) groups excluding carboxylic acids is 4. The van der Waals surface area contributed by atoms with Gasteiger partial charge in [-0.05, 0) is 43.2 Å². The highest BCUT2D eigenvalue weighted by Crippen LogP contribution is 2.56. The number of halogens is 3. The van der Waals surface area contributed by atoms with E-state index in [1.54, 1.807) is 0 Å². The van der Waals surface area contributed by atoms with Crippen LogP contribution < -0.4 is 5.32 Å². The zero-order chi connectivity index (χ0) is 21.6. The van der Waals surface area contributed by atoms with E-state index in [0.29, 0.717) is 0 Å². The quantitative estimate of drug-likeness (QED) is 0.578. The molecular weight excluding hydrogens is 405 g/mol. The number of anilines is 1. The Labute approximate surface area is 169 Å². The van der Waals surface area contributed by atoms with Crippen LogP contribution in [0, 0.1) is 23.7 Å². The summed E-state index contributed by atoms with van der Waals surface area (Å²) in [5.74, 6) is -3.07. The van der Waals surface area contributed by atoms with E-state index in [1.165, 1.54) is 12.1 Å². The number of amides is 3. The van der Waals surface area contributed by atoms with E-state index >= 15 is 0 Å². The van der Waals surface area contributed by atoms with Gasteiger partial charge in [-0.2, -0.15) is 13.2 Å². The third-order valence-electron chi connectivity index (χ3n) is 6.18. The van der Waals surface area contributed by atoms with Crippen molar-refractivity contribution < 1.29 is 37.1 Å². The number of imide groups is 1. The first kappa shape index (κ1) is 20.4. The van der Waals surface area contributed by atoms with Crippen LogP contribution in [-0.2, 0) is 30.1 Å². The lowest BCUT2D eigenvalue weighted by molar-refractivity contribution is -0.154. The molecule has 0 unspecified atom stereocenters. The van der Waals surface area contributed by atoms with Gasteiger partial charge in [0.25, 0.3) is 5.91 Å². The minimum absolute atomic E-state index is 0.178. The van der Waals surface area contributed by atoms with E-state index in [1.807, 2.05) is 0 Å². The molecule has 0 spiro atoms. The van der Waals surface area contributed by atoms with Gasteiger partial charge in [-0.1, -0.05) is 12.1 Å². The van der Waals surface area contributed by atoms with Gasteiger partial charge in [0.1, 0.15) is 6.54 Å². The summed E-state index contributed by atoms with van der Waals surface area (Å²) in [5.41, 5.74) is -1.49. The molecule has 0 radical (unpaired) electrons. The molecule has 1 aliphatic heterocycles. The molecule has 7 nitrogen and oxygen atoms in total. The standard InChI is InChI=1S/C20H19F3N2O5/c21-20(22,23)12-3-1-2-4-13(12)24-14(26)9-30-15(27)8-25-18(28)16-10-5-6-11(7-10)17(16)19(25)29/h1-4,10-11,16-17H,5-9H2,(H,24,26)/t10-,11-,16-,17+/m0/s1. The largest absolute Gasteiger partial charge is 0.454 e. The van der Waals surface area contributed by atoms with Crippen LogP contribution in [-0.4, -0.2) is 41.7 Å². The van der Waals surface area contributed by atoms with Crippen LogP contribution in [0.4, 0.5) is 18.9 Å². The Bertz CT molecular complexity index is 888. The second-order valence-electron chi connectivity index (χ2n) is 7.90. The predicted octanol–water partition coefficient (Wildman–Crippen LogP) is 2.22. The number of carbonyl (C=O) groups is 4. The Morgan fingerprint density at radius 1 is 1.07 bits per heavy atom. The van der Waals surface area contributed by atoms with Crippen molar-refractivity contribution in [2.75, 3.05) is 18.5 Å². The SMILES string of the molecule is O=C(COC(=O)CN1C(=O)[C@@H]2[C@H]3CC[C@@H](C3)[C@@H]2C1=O)Nc1ccccc1C(F)(F)F. The lowest BCUT2D eigenvalue weighted by Crippen LogP contribution is -2.38. The molecule has 160 valence electrons. The van der Waals surface area contributed by atoms with E-state index in [2.05, 4.69) is 5.32 Å². The lowest BCUT2D eigenvalue weighted by Gasteiger charge is -2.19. The Morgan fingerprint density at radius 2 is 1.67 bits per heavy atom. The minimum Gasteiger partial charge on any atom is -0.454 e. The third kappa shape index (κ3) is 3.54.